The number of aromatic nitrogens is 1. The Morgan fingerprint density at radius 1 is 1.00 bits per heavy atom. The van der Waals surface area contributed by atoms with Crippen LogP contribution in [0, 0.1) is 6.92 Å². The summed E-state index contributed by atoms with van der Waals surface area (Å²) in [4.78, 5) is 21.7. The molecule has 0 N–H and O–H groups in total. The van der Waals surface area contributed by atoms with Crippen molar-refractivity contribution in [2.75, 3.05) is 32.6 Å². The molecule has 3 aromatic rings. The fraction of sp³-hybridized carbons (Fsp3) is 0.333. The van der Waals surface area contributed by atoms with E-state index in [1.54, 1.807) is 0 Å². The molecule has 0 saturated heterocycles. The average Bonchev–Trinajstić information content (AvgIpc) is 2.68. The zero-order valence-corrected chi connectivity index (χ0v) is 17.9. The minimum absolute atomic E-state index is 0.304. The lowest BCUT2D eigenvalue weighted by Crippen LogP contribution is -2.22. The molecule has 0 bridgehead atoms. The number of rotatable bonds is 7. The summed E-state index contributed by atoms with van der Waals surface area (Å²) < 4.78 is 5.33. The van der Waals surface area contributed by atoms with Crippen molar-refractivity contribution < 1.29 is 9.53 Å². The zero-order chi connectivity index (χ0) is 21.0. The Bertz CT molecular complexity index is 997. The molecule has 0 radical (unpaired) electrons. The first-order valence-electron chi connectivity index (χ1n) is 9.90. The number of hydrogen-bond acceptors (Lipinski definition) is 5. The van der Waals surface area contributed by atoms with Gasteiger partial charge in [0.05, 0.1) is 23.4 Å². The van der Waals surface area contributed by atoms with E-state index >= 15 is 0 Å². The van der Waals surface area contributed by atoms with Crippen LogP contribution in [0.25, 0.3) is 10.9 Å². The maximum Gasteiger partial charge on any atom is 0.340 e. The summed E-state index contributed by atoms with van der Waals surface area (Å²) in [6.45, 7) is 5.47. The smallest absolute Gasteiger partial charge is 0.340 e. The number of benzene rings is 2. The number of ether oxygens (including phenoxy) is 1. The van der Waals surface area contributed by atoms with Crippen LogP contribution < -0.4 is 4.90 Å². The van der Waals surface area contributed by atoms with Crippen molar-refractivity contribution in [2.45, 2.75) is 26.9 Å². The summed E-state index contributed by atoms with van der Waals surface area (Å²) in [7, 11) is 6.11. The average molecular weight is 392 g/mol. The largest absolute Gasteiger partial charge is 0.462 e. The van der Waals surface area contributed by atoms with Crippen LogP contribution in [-0.2, 0) is 17.8 Å². The third kappa shape index (κ3) is 4.74. The molecular weight excluding hydrogens is 362 g/mol. The van der Waals surface area contributed by atoms with Gasteiger partial charge in [-0.15, -0.1) is 0 Å². The maximum absolute atomic E-state index is 12.7. The van der Waals surface area contributed by atoms with Crippen LogP contribution in [0.1, 0.15) is 34.1 Å². The summed E-state index contributed by atoms with van der Waals surface area (Å²) in [6.07, 6.45) is 0. The van der Waals surface area contributed by atoms with Crippen LogP contribution in [0.3, 0.4) is 0 Å². The van der Waals surface area contributed by atoms with Crippen molar-refractivity contribution >= 4 is 22.6 Å². The Morgan fingerprint density at radius 3 is 2.34 bits per heavy atom. The number of carbonyl (C=O) groups excluding carboxylic acids is 1. The van der Waals surface area contributed by atoms with Gasteiger partial charge in [0.15, 0.2) is 0 Å². The number of fused-ring (bicyclic) bond motifs is 1. The van der Waals surface area contributed by atoms with Crippen LogP contribution in [0.15, 0.2) is 48.5 Å². The Balaban J connectivity index is 1.89. The first-order valence-corrected chi connectivity index (χ1v) is 9.90. The van der Waals surface area contributed by atoms with E-state index in [4.69, 9.17) is 9.72 Å². The lowest BCUT2D eigenvalue weighted by Gasteiger charge is -2.20. The van der Waals surface area contributed by atoms with Gasteiger partial charge in [-0.3, -0.25) is 9.88 Å². The van der Waals surface area contributed by atoms with E-state index in [1.165, 1.54) is 11.3 Å². The second-order valence-corrected chi connectivity index (χ2v) is 7.53. The van der Waals surface area contributed by atoms with Gasteiger partial charge in [-0.25, -0.2) is 4.79 Å². The Kier molecular flexibility index (Phi) is 6.49. The van der Waals surface area contributed by atoms with E-state index in [0.29, 0.717) is 18.7 Å². The molecule has 5 heteroatoms. The highest BCUT2D eigenvalue weighted by molar-refractivity contribution is 5.98. The van der Waals surface area contributed by atoms with Crippen molar-refractivity contribution in [1.82, 2.24) is 9.88 Å². The second kappa shape index (κ2) is 9.05. The Labute approximate surface area is 172 Å². The van der Waals surface area contributed by atoms with Crippen molar-refractivity contribution in [3.05, 3.63) is 70.9 Å². The van der Waals surface area contributed by atoms with Crippen molar-refractivity contribution in [3.8, 4) is 0 Å². The maximum atomic E-state index is 12.7. The fourth-order valence-corrected chi connectivity index (χ4v) is 3.55. The predicted octanol–water partition coefficient (Wildman–Crippen LogP) is 4.42. The molecule has 5 nitrogen and oxygen atoms in total. The van der Waals surface area contributed by atoms with Gasteiger partial charge in [0.2, 0.25) is 0 Å². The van der Waals surface area contributed by atoms with Crippen LogP contribution in [-0.4, -0.2) is 43.6 Å². The second-order valence-electron chi connectivity index (χ2n) is 7.53. The minimum Gasteiger partial charge on any atom is -0.462 e. The molecule has 3 rings (SSSR count). The first kappa shape index (κ1) is 20.8. The summed E-state index contributed by atoms with van der Waals surface area (Å²) in [6, 6.07) is 16.4. The SMILES string of the molecule is CCOC(=O)c1c(CN(C)Cc2ccc(N(C)C)cc2)nc2ccccc2c1C. The molecule has 0 spiro atoms. The quantitative estimate of drug-likeness (QED) is 0.558. The number of hydrogen-bond donors (Lipinski definition) is 0. The standard InChI is InChI=1S/C24H29N3O2/c1-6-29-24(28)23-17(2)20-9-7-8-10-21(20)25-22(23)16-27(5)15-18-11-13-19(14-12-18)26(3)4/h7-14H,6,15-16H2,1-5H3. The van der Waals surface area contributed by atoms with Crippen LogP contribution in [0.5, 0.6) is 0 Å². The monoisotopic (exact) mass is 391 g/mol. The molecule has 152 valence electrons. The molecule has 1 heterocycles. The number of nitrogens with zero attached hydrogens (tertiary/aromatic N) is 3. The van der Waals surface area contributed by atoms with Gasteiger partial charge in [0.25, 0.3) is 0 Å². The molecule has 0 aliphatic heterocycles. The van der Waals surface area contributed by atoms with Crippen molar-refractivity contribution in [2.24, 2.45) is 0 Å². The Morgan fingerprint density at radius 2 is 1.69 bits per heavy atom. The van der Waals surface area contributed by atoms with E-state index in [1.807, 2.05) is 59.3 Å². The van der Waals surface area contributed by atoms with Gasteiger partial charge in [-0.05, 0) is 50.2 Å². The molecule has 0 aliphatic carbocycles. The van der Waals surface area contributed by atoms with Gasteiger partial charge >= 0.3 is 5.97 Å². The van der Waals surface area contributed by atoms with E-state index in [-0.39, 0.29) is 5.97 Å². The highest BCUT2D eigenvalue weighted by Gasteiger charge is 2.20. The molecular formula is C24H29N3O2. The normalized spacial score (nSPS) is 11.1. The zero-order valence-electron chi connectivity index (χ0n) is 17.9. The van der Waals surface area contributed by atoms with Gasteiger partial charge < -0.3 is 9.64 Å². The van der Waals surface area contributed by atoms with Crippen molar-refractivity contribution in [1.29, 1.82) is 0 Å². The molecule has 0 aliphatic rings. The molecule has 0 saturated carbocycles. The number of anilines is 1. The number of esters is 1. The molecule has 0 unspecified atom stereocenters. The number of carbonyl (C=O) groups is 1. The summed E-state index contributed by atoms with van der Waals surface area (Å²) in [5, 5.41) is 0.987. The number of aryl methyl sites for hydroxylation is 1. The van der Waals surface area contributed by atoms with Gasteiger partial charge in [0, 0.05) is 38.3 Å². The molecule has 2 aromatic carbocycles. The highest BCUT2D eigenvalue weighted by atomic mass is 16.5. The van der Waals surface area contributed by atoms with Gasteiger partial charge in [-0.2, -0.15) is 0 Å². The topological polar surface area (TPSA) is 45.7 Å². The summed E-state index contributed by atoms with van der Waals surface area (Å²) >= 11 is 0. The highest BCUT2D eigenvalue weighted by Crippen LogP contribution is 2.25. The van der Waals surface area contributed by atoms with Gasteiger partial charge in [0.1, 0.15) is 0 Å². The van der Waals surface area contributed by atoms with Crippen LogP contribution in [0.2, 0.25) is 0 Å². The Hall–Kier alpha value is -2.92. The van der Waals surface area contributed by atoms with Crippen molar-refractivity contribution in [3.63, 3.8) is 0 Å². The van der Waals surface area contributed by atoms with E-state index < -0.39 is 0 Å². The first-order chi connectivity index (χ1) is 13.9. The fourth-order valence-electron chi connectivity index (χ4n) is 3.55. The minimum atomic E-state index is -0.304. The summed E-state index contributed by atoms with van der Waals surface area (Å²) in [5.41, 5.74) is 5.55. The molecule has 0 amide bonds. The molecule has 1 aromatic heterocycles. The van der Waals surface area contributed by atoms with E-state index in [0.717, 1.165) is 28.7 Å². The third-order valence-electron chi connectivity index (χ3n) is 5.03. The lowest BCUT2D eigenvalue weighted by molar-refractivity contribution is 0.0522. The van der Waals surface area contributed by atoms with Gasteiger partial charge in [-0.1, -0.05) is 30.3 Å². The van der Waals surface area contributed by atoms with E-state index in [2.05, 4.69) is 34.1 Å². The van der Waals surface area contributed by atoms with Crippen LogP contribution in [0.4, 0.5) is 5.69 Å². The van der Waals surface area contributed by atoms with Crippen LogP contribution >= 0.6 is 0 Å². The third-order valence-corrected chi connectivity index (χ3v) is 5.03. The lowest BCUT2D eigenvalue weighted by atomic mass is 10.0. The predicted molar refractivity (Wildman–Crippen MR) is 118 cm³/mol. The van der Waals surface area contributed by atoms with E-state index in [9.17, 15) is 4.79 Å². The number of para-hydroxylation sites is 1. The molecule has 29 heavy (non-hydrogen) atoms. The molecule has 0 fully saturated rings. The summed E-state index contributed by atoms with van der Waals surface area (Å²) in [5.74, 6) is -0.304. The molecule has 0 atom stereocenters. The number of pyridine rings is 1.